The first-order valence-electron chi connectivity index (χ1n) is 11.7. The molecule has 0 aromatic heterocycles. The fourth-order valence-corrected chi connectivity index (χ4v) is 4.52. The summed E-state index contributed by atoms with van der Waals surface area (Å²) in [5.74, 6) is 1.40. The lowest BCUT2D eigenvalue weighted by Crippen LogP contribution is -2.47. The Hall–Kier alpha value is -1.54. The monoisotopic (exact) mass is 423 g/mol. The Morgan fingerprint density at radius 1 is 1.10 bits per heavy atom. The van der Waals surface area contributed by atoms with Gasteiger partial charge in [0.15, 0.2) is 5.96 Å². The summed E-state index contributed by atoms with van der Waals surface area (Å²) in [6.07, 6.45) is 3.11. The molecule has 0 saturated carbocycles. The van der Waals surface area contributed by atoms with Gasteiger partial charge in [0.1, 0.15) is 5.60 Å². The largest absolute Gasteiger partial charge is 0.444 e. The van der Waals surface area contributed by atoms with Gasteiger partial charge in [0, 0.05) is 58.4 Å². The number of nitrogens with one attached hydrogen (secondary N) is 1. The van der Waals surface area contributed by atoms with Gasteiger partial charge in [0.25, 0.3) is 0 Å². The summed E-state index contributed by atoms with van der Waals surface area (Å²) in [6.45, 7) is 16.8. The minimum Gasteiger partial charge on any atom is -0.444 e. The van der Waals surface area contributed by atoms with Gasteiger partial charge >= 0.3 is 6.09 Å². The molecule has 30 heavy (non-hydrogen) atoms. The zero-order chi connectivity index (χ0) is 21.6. The molecule has 0 radical (unpaired) electrons. The summed E-state index contributed by atoms with van der Waals surface area (Å²) in [6, 6.07) is 0.593. The molecule has 0 aromatic rings. The zero-order valence-electron chi connectivity index (χ0n) is 19.4. The van der Waals surface area contributed by atoms with Gasteiger partial charge in [-0.2, -0.15) is 0 Å². The average Bonchev–Trinajstić information content (AvgIpc) is 3.21. The Labute approximate surface area is 181 Å². The number of likely N-dealkylation sites (tertiary alicyclic amines) is 2. The second kappa shape index (κ2) is 10.7. The number of nitrogens with zero attached hydrogens (tertiary/aromatic N) is 4. The molecule has 0 aromatic carbocycles. The van der Waals surface area contributed by atoms with E-state index in [2.05, 4.69) is 22.0 Å². The highest BCUT2D eigenvalue weighted by Crippen LogP contribution is 2.21. The summed E-state index contributed by atoms with van der Waals surface area (Å²) >= 11 is 0. The van der Waals surface area contributed by atoms with Crippen molar-refractivity contribution >= 4 is 12.1 Å². The second-order valence-electron chi connectivity index (χ2n) is 9.67. The maximum absolute atomic E-state index is 12.4. The molecule has 0 bridgehead atoms. The number of hydrogen-bond acceptors (Lipinski definition) is 5. The average molecular weight is 424 g/mol. The van der Waals surface area contributed by atoms with E-state index < -0.39 is 5.60 Å². The smallest absolute Gasteiger partial charge is 0.410 e. The van der Waals surface area contributed by atoms with E-state index >= 15 is 0 Å². The van der Waals surface area contributed by atoms with Crippen LogP contribution in [0.25, 0.3) is 0 Å². The van der Waals surface area contributed by atoms with E-state index in [4.69, 9.17) is 14.5 Å². The van der Waals surface area contributed by atoms with Crippen molar-refractivity contribution in [3.05, 3.63) is 0 Å². The zero-order valence-corrected chi connectivity index (χ0v) is 19.4. The molecule has 8 nitrogen and oxygen atoms in total. The topological polar surface area (TPSA) is 69.6 Å². The van der Waals surface area contributed by atoms with Crippen molar-refractivity contribution in [1.29, 1.82) is 0 Å². The van der Waals surface area contributed by atoms with Crippen molar-refractivity contribution in [2.45, 2.75) is 58.6 Å². The highest BCUT2D eigenvalue weighted by molar-refractivity contribution is 5.80. The van der Waals surface area contributed by atoms with Crippen molar-refractivity contribution in [2.24, 2.45) is 10.9 Å². The molecule has 3 saturated heterocycles. The molecule has 8 heteroatoms. The highest BCUT2D eigenvalue weighted by atomic mass is 16.6. The molecule has 1 amide bonds. The van der Waals surface area contributed by atoms with Crippen LogP contribution in [0.3, 0.4) is 0 Å². The molecular weight excluding hydrogens is 382 g/mol. The number of aliphatic imine (C=N–C) groups is 1. The summed E-state index contributed by atoms with van der Waals surface area (Å²) in [5, 5.41) is 3.48. The van der Waals surface area contributed by atoms with Gasteiger partial charge in [-0.3, -0.25) is 9.89 Å². The van der Waals surface area contributed by atoms with Gasteiger partial charge in [-0.1, -0.05) is 0 Å². The van der Waals surface area contributed by atoms with Crippen molar-refractivity contribution < 1.29 is 14.3 Å². The SMILES string of the molecule is CCNC(=NCC1CCCN(C(=O)OC(C)(C)C)C1)N1CCC(N2CCOCC2)C1. The molecule has 2 atom stereocenters. The van der Waals surface area contributed by atoms with Gasteiger partial charge in [-0.05, 0) is 52.9 Å². The van der Waals surface area contributed by atoms with Crippen LogP contribution in [0.4, 0.5) is 4.79 Å². The first kappa shape index (κ1) is 23.1. The van der Waals surface area contributed by atoms with E-state index in [1.165, 1.54) is 6.42 Å². The Bertz CT molecular complexity index is 586. The Morgan fingerprint density at radius 3 is 2.57 bits per heavy atom. The first-order valence-corrected chi connectivity index (χ1v) is 11.7. The van der Waals surface area contributed by atoms with Crippen LogP contribution in [-0.2, 0) is 9.47 Å². The standard InChI is InChI=1S/C22H41N5O3/c1-5-23-20(26-10-8-19(17-26)25-11-13-29-14-12-25)24-15-18-7-6-9-27(16-18)21(28)30-22(2,3)4/h18-19H,5-17H2,1-4H3,(H,23,24). The third-order valence-corrected chi connectivity index (χ3v) is 6.03. The number of guanidine groups is 1. The molecule has 3 fully saturated rings. The van der Waals surface area contributed by atoms with Crippen LogP contribution in [0.2, 0.25) is 0 Å². The maximum Gasteiger partial charge on any atom is 0.410 e. The lowest BCUT2D eigenvalue weighted by atomic mass is 9.98. The van der Waals surface area contributed by atoms with Crippen LogP contribution in [0.1, 0.15) is 47.0 Å². The quantitative estimate of drug-likeness (QED) is 0.551. The number of carbonyl (C=O) groups is 1. The van der Waals surface area contributed by atoms with Crippen molar-refractivity contribution in [3.8, 4) is 0 Å². The molecule has 3 heterocycles. The number of ether oxygens (including phenoxy) is 2. The molecular formula is C22H41N5O3. The van der Waals surface area contributed by atoms with E-state index in [9.17, 15) is 4.79 Å². The number of piperidine rings is 1. The summed E-state index contributed by atoms with van der Waals surface area (Å²) in [5.41, 5.74) is -0.451. The fraction of sp³-hybridized carbons (Fsp3) is 0.909. The van der Waals surface area contributed by atoms with E-state index in [1.54, 1.807) is 0 Å². The van der Waals surface area contributed by atoms with Crippen molar-refractivity contribution in [1.82, 2.24) is 20.0 Å². The Morgan fingerprint density at radius 2 is 1.87 bits per heavy atom. The number of amides is 1. The second-order valence-corrected chi connectivity index (χ2v) is 9.67. The van der Waals surface area contributed by atoms with E-state index in [0.29, 0.717) is 12.0 Å². The summed E-state index contributed by atoms with van der Waals surface area (Å²) in [4.78, 5) is 24.2. The minimum absolute atomic E-state index is 0.198. The molecule has 2 unspecified atom stereocenters. The van der Waals surface area contributed by atoms with Crippen LogP contribution in [-0.4, -0.2) is 104 Å². The number of hydrogen-bond donors (Lipinski definition) is 1. The van der Waals surface area contributed by atoms with Gasteiger partial charge in [0.2, 0.25) is 0 Å². The minimum atomic E-state index is -0.451. The molecule has 1 N–H and O–H groups in total. The fourth-order valence-electron chi connectivity index (χ4n) is 4.52. The van der Waals surface area contributed by atoms with Crippen LogP contribution < -0.4 is 5.32 Å². The van der Waals surface area contributed by atoms with Gasteiger partial charge in [-0.15, -0.1) is 0 Å². The molecule has 3 aliphatic rings. The predicted octanol–water partition coefficient (Wildman–Crippen LogP) is 2.01. The number of rotatable bonds is 4. The molecule has 0 aliphatic carbocycles. The first-order chi connectivity index (χ1) is 14.4. The predicted molar refractivity (Wildman–Crippen MR) is 119 cm³/mol. The van der Waals surface area contributed by atoms with E-state index in [0.717, 1.165) is 84.4 Å². The molecule has 3 aliphatic heterocycles. The number of morpholine rings is 1. The van der Waals surface area contributed by atoms with Crippen molar-refractivity contribution in [2.75, 3.05) is 65.6 Å². The lowest BCUT2D eigenvalue weighted by molar-refractivity contribution is 0.0170. The maximum atomic E-state index is 12.4. The summed E-state index contributed by atoms with van der Waals surface area (Å²) < 4.78 is 11.1. The van der Waals surface area contributed by atoms with E-state index in [1.807, 2.05) is 25.7 Å². The van der Waals surface area contributed by atoms with Crippen LogP contribution >= 0.6 is 0 Å². The van der Waals surface area contributed by atoms with Crippen LogP contribution in [0.5, 0.6) is 0 Å². The van der Waals surface area contributed by atoms with Gasteiger partial charge in [-0.25, -0.2) is 4.79 Å². The summed E-state index contributed by atoms with van der Waals surface area (Å²) in [7, 11) is 0. The van der Waals surface area contributed by atoms with E-state index in [-0.39, 0.29) is 6.09 Å². The Balaban J connectivity index is 1.53. The molecule has 3 rings (SSSR count). The van der Waals surface area contributed by atoms with Crippen LogP contribution in [0.15, 0.2) is 4.99 Å². The van der Waals surface area contributed by atoms with Crippen LogP contribution in [0, 0.1) is 5.92 Å². The molecule has 172 valence electrons. The lowest BCUT2D eigenvalue weighted by Gasteiger charge is -2.34. The Kier molecular flexibility index (Phi) is 8.22. The van der Waals surface area contributed by atoms with Gasteiger partial charge in [0.05, 0.1) is 13.2 Å². The van der Waals surface area contributed by atoms with Crippen molar-refractivity contribution in [3.63, 3.8) is 0 Å². The third-order valence-electron chi connectivity index (χ3n) is 6.03. The highest BCUT2D eigenvalue weighted by Gasteiger charge is 2.31. The number of carbonyl (C=O) groups excluding carboxylic acids is 1. The third kappa shape index (κ3) is 6.74. The molecule has 0 spiro atoms. The normalized spacial score (nSPS) is 26.7. The van der Waals surface area contributed by atoms with Gasteiger partial charge < -0.3 is 24.6 Å².